The molecule has 0 amide bonds. The van der Waals surface area contributed by atoms with Gasteiger partial charge in [0.15, 0.2) is 4.80 Å². The maximum Gasteiger partial charge on any atom is 0.288 e. The largest absolute Gasteiger partial charge is 0.497 e. The minimum atomic E-state index is -0.534. The third-order valence-corrected chi connectivity index (χ3v) is 8.93. The molecule has 0 bridgehead atoms. The molecule has 0 radical (unpaired) electrons. The summed E-state index contributed by atoms with van der Waals surface area (Å²) in [6.45, 7) is 0. The number of benzene rings is 3. The van der Waals surface area contributed by atoms with E-state index in [1.807, 2.05) is 36.4 Å². The van der Waals surface area contributed by atoms with Crippen molar-refractivity contribution in [1.29, 1.82) is 0 Å². The van der Waals surface area contributed by atoms with E-state index in [4.69, 9.17) is 25.7 Å². The number of hydrogen-bond acceptors (Lipinski definition) is 7. The van der Waals surface area contributed by atoms with E-state index in [1.54, 1.807) is 36.0 Å². The summed E-state index contributed by atoms with van der Waals surface area (Å²) in [7, 11) is 1.63. The molecule has 10 heteroatoms. The number of halogens is 1. The Labute approximate surface area is 248 Å². The van der Waals surface area contributed by atoms with E-state index < -0.39 is 4.92 Å². The second-order valence-electron chi connectivity index (χ2n) is 10.0. The Balaban J connectivity index is 1.36. The van der Waals surface area contributed by atoms with Gasteiger partial charge in [0.1, 0.15) is 22.3 Å². The van der Waals surface area contributed by atoms with Crippen LogP contribution in [0.5, 0.6) is 5.75 Å². The number of thiazole rings is 1. The number of nitro groups is 1. The maximum atomic E-state index is 14.0. The SMILES string of the molecule is COc1ccc([C@@H]2C3=C(N=c4s/c(=C/c5ccc(-c6ccc(Cl)c([N+](=O)[O-])c6)o5)c(=O)n42)c2ccccc2CC3)cc1. The molecular weight excluding hydrogens is 574 g/mol. The zero-order chi connectivity index (χ0) is 29.0. The minimum Gasteiger partial charge on any atom is -0.497 e. The van der Waals surface area contributed by atoms with Gasteiger partial charge < -0.3 is 9.15 Å². The number of hydrogen-bond donors (Lipinski definition) is 0. The van der Waals surface area contributed by atoms with Gasteiger partial charge in [-0.25, -0.2) is 4.99 Å². The van der Waals surface area contributed by atoms with Crippen molar-refractivity contribution in [3.8, 4) is 17.1 Å². The van der Waals surface area contributed by atoms with Gasteiger partial charge in [0.05, 0.1) is 28.3 Å². The lowest BCUT2D eigenvalue weighted by Crippen LogP contribution is -2.38. The third-order valence-electron chi connectivity index (χ3n) is 7.63. The first kappa shape index (κ1) is 26.2. The van der Waals surface area contributed by atoms with Crippen LogP contribution in [-0.2, 0) is 6.42 Å². The zero-order valence-electron chi connectivity index (χ0n) is 22.2. The molecule has 208 valence electrons. The predicted octanol–water partition coefficient (Wildman–Crippen LogP) is 6.15. The number of aryl methyl sites for hydroxylation is 1. The number of methoxy groups -OCH3 is 1. The van der Waals surface area contributed by atoms with Crippen LogP contribution < -0.4 is 19.6 Å². The second kappa shape index (κ2) is 10.3. The highest BCUT2D eigenvalue weighted by molar-refractivity contribution is 7.07. The Bertz CT molecular complexity index is 2110. The highest BCUT2D eigenvalue weighted by Crippen LogP contribution is 2.41. The minimum absolute atomic E-state index is 0.0494. The summed E-state index contributed by atoms with van der Waals surface area (Å²) in [6, 6.07) is 23.8. The Hall–Kier alpha value is -4.73. The molecule has 1 aliphatic heterocycles. The van der Waals surface area contributed by atoms with Crippen molar-refractivity contribution in [2.75, 3.05) is 7.11 Å². The molecule has 0 N–H and O–H groups in total. The van der Waals surface area contributed by atoms with Gasteiger partial charge in [0.2, 0.25) is 0 Å². The van der Waals surface area contributed by atoms with E-state index in [1.165, 1.54) is 29.0 Å². The predicted molar refractivity (Wildman–Crippen MR) is 162 cm³/mol. The number of ether oxygens (including phenoxy) is 1. The van der Waals surface area contributed by atoms with Gasteiger partial charge in [0, 0.05) is 23.3 Å². The maximum absolute atomic E-state index is 14.0. The van der Waals surface area contributed by atoms with Crippen LogP contribution in [0, 0.1) is 10.1 Å². The third kappa shape index (κ3) is 4.38. The van der Waals surface area contributed by atoms with Gasteiger partial charge >= 0.3 is 0 Å². The number of rotatable bonds is 5. The van der Waals surface area contributed by atoms with Crippen molar-refractivity contribution in [3.63, 3.8) is 0 Å². The summed E-state index contributed by atoms with van der Waals surface area (Å²) < 4.78 is 13.6. The summed E-state index contributed by atoms with van der Waals surface area (Å²) >= 11 is 7.28. The quantitative estimate of drug-likeness (QED) is 0.179. The number of allylic oxidation sites excluding steroid dienone is 1. The smallest absolute Gasteiger partial charge is 0.288 e. The topological polar surface area (TPSA) is 99.9 Å². The Kier molecular flexibility index (Phi) is 6.41. The molecule has 0 unspecified atom stereocenters. The molecule has 0 spiro atoms. The number of nitrogens with zero attached hydrogens (tertiary/aromatic N) is 3. The second-order valence-corrected chi connectivity index (χ2v) is 11.4. The van der Waals surface area contributed by atoms with Crippen molar-refractivity contribution in [2.24, 2.45) is 4.99 Å². The van der Waals surface area contributed by atoms with E-state index in [-0.39, 0.29) is 22.3 Å². The summed E-state index contributed by atoms with van der Waals surface area (Å²) in [4.78, 5) is 30.4. The molecule has 7 rings (SSSR count). The molecule has 0 saturated carbocycles. The van der Waals surface area contributed by atoms with E-state index in [2.05, 4.69) is 12.1 Å². The Morgan fingerprint density at radius 3 is 2.69 bits per heavy atom. The molecular formula is C32H22ClN3O5S. The molecule has 2 aromatic heterocycles. The van der Waals surface area contributed by atoms with Crippen LogP contribution >= 0.6 is 22.9 Å². The first-order valence-electron chi connectivity index (χ1n) is 13.2. The summed E-state index contributed by atoms with van der Waals surface area (Å²) in [5.41, 5.74) is 5.51. The molecule has 3 heterocycles. The molecule has 8 nitrogen and oxygen atoms in total. The normalized spacial score (nSPS) is 16.0. The van der Waals surface area contributed by atoms with Gasteiger partial charge in [-0.15, -0.1) is 0 Å². The average molecular weight is 596 g/mol. The number of nitro benzene ring substituents is 1. The lowest BCUT2D eigenvalue weighted by Gasteiger charge is -2.30. The Morgan fingerprint density at radius 1 is 1.10 bits per heavy atom. The van der Waals surface area contributed by atoms with E-state index in [9.17, 15) is 14.9 Å². The highest BCUT2D eigenvalue weighted by Gasteiger charge is 2.32. The van der Waals surface area contributed by atoms with Gasteiger partial charge in [-0.2, -0.15) is 0 Å². The lowest BCUT2D eigenvalue weighted by molar-refractivity contribution is -0.384. The van der Waals surface area contributed by atoms with Crippen molar-refractivity contribution in [1.82, 2.24) is 4.57 Å². The fourth-order valence-electron chi connectivity index (χ4n) is 5.63. The van der Waals surface area contributed by atoms with Crippen LogP contribution in [0.25, 0.3) is 23.1 Å². The van der Waals surface area contributed by atoms with Crippen LogP contribution in [0.15, 0.2) is 98.6 Å². The number of fused-ring (bicyclic) bond motifs is 3. The summed E-state index contributed by atoms with van der Waals surface area (Å²) in [5.74, 6) is 1.62. The average Bonchev–Trinajstić information content (AvgIpc) is 3.60. The highest BCUT2D eigenvalue weighted by atomic mass is 35.5. The molecule has 42 heavy (non-hydrogen) atoms. The molecule has 1 atom stereocenters. The van der Waals surface area contributed by atoms with Gasteiger partial charge in [0.25, 0.3) is 11.2 Å². The van der Waals surface area contributed by atoms with Crippen LogP contribution in [0.2, 0.25) is 5.02 Å². The van der Waals surface area contributed by atoms with Crippen molar-refractivity contribution < 1.29 is 14.1 Å². The summed E-state index contributed by atoms with van der Waals surface area (Å²) in [6.07, 6.45) is 3.37. The van der Waals surface area contributed by atoms with Crippen molar-refractivity contribution >= 4 is 40.4 Å². The van der Waals surface area contributed by atoms with E-state index in [0.29, 0.717) is 26.4 Å². The first-order chi connectivity index (χ1) is 20.4. The molecule has 0 fully saturated rings. The molecule has 0 saturated heterocycles. The Morgan fingerprint density at radius 2 is 1.90 bits per heavy atom. The van der Waals surface area contributed by atoms with Crippen LogP contribution in [-0.4, -0.2) is 16.6 Å². The van der Waals surface area contributed by atoms with Gasteiger partial charge in [-0.05, 0) is 65.9 Å². The fraction of sp³-hybridized carbons (Fsp3) is 0.125. The monoisotopic (exact) mass is 595 g/mol. The van der Waals surface area contributed by atoms with Gasteiger partial charge in [-0.1, -0.05) is 59.3 Å². The number of furan rings is 1. The lowest BCUT2D eigenvalue weighted by atomic mass is 9.83. The molecule has 1 aliphatic carbocycles. The standard InChI is InChI=1S/C32H22ClN3O5S/c1-40-21-10-6-19(7-11-21)30-24-13-8-18-4-2-3-5-23(18)29(24)34-32-35(30)31(37)28(42-32)17-22-12-15-27(41-22)20-9-14-25(33)26(16-20)36(38)39/h2-7,9-12,14-17,30H,8,13H2,1H3/b28-17+/t30-/m1/s1. The van der Waals surface area contributed by atoms with Gasteiger partial charge in [-0.3, -0.25) is 19.5 Å². The fourth-order valence-corrected chi connectivity index (χ4v) is 6.80. The van der Waals surface area contributed by atoms with E-state index >= 15 is 0 Å². The van der Waals surface area contributed by atoms with Crippen molar-refractivity contribution in [2.45, 2.75) is 18.9 Å². The molecule has 5 aromatic rings. The van der Waals surface area contributed by atoms with Crippen LogP contribution in [0.3, 0.4) is 0 Å². The molecule has 2 aliphatic rings. The van der Waals surface area contributed by atoms with E-state index in [0.717, 1.165) is 41.0 Å². The first-order valence-corrected chi connectivity index (χ1v) is 14.4. The van der Waals surface area contributed by atoms with Crippen LogP contribution in [0.4, 0.5) is 5.69 Å². The van der Waals surface area contributed by atoms with Crippen molar-refractivity contribution in [3.05, 3.63) is 142 Å². The van der Waals surface area contributed by atoms with Crippen LogP contribution in [0.1, 0.15) is 34.9 Å². The molecule has 3 aromatic carbocycles. The number of aromatic nitrogens is 1. The zero-order valence-corrected chi connectivity index (χ0v) is 23.8. The summed E-state index contributed by atoms with van der Waals surface area (Å²) in [5, 5.41) is 11.4.